The fourth-order valence-corrected chi connectivity index (χ4v) is 3.65. The third-order valence-electron chi connectivity index (χ3n) is 5.69. The molecule has 9 heteroatoms. The maximum absolute atomic E-state index is 12.7. The van der Waals surface area contributed by atoms with E-state index in [1.165, 1.54) is 0 Å². The molecule has 1 unspecified atom stereocenters. The first-order chi connectivity index (χ1) is 15.6. The van der Waals surface area contributed by atoms with Crippen molar-refractivity contribution in [2.75, 3.05) is 31.1 Å². The third-order valence-corrected chi connectivity index (χ3v) is 5.69. The lowest BCUT2D eigenvalue weighted by Crippen LogP contribution is -2.33. The Balaban J connectivity index is 1.18. The van der Waals surface area contributed by atoms with E-state index in [0.717, 1.165) is 49.5 Å². The lowest BCUT2D eigenvalue weighted by molar-refractivity contribution is 0.214. The van der Waals surface area contributed by atoms with Gasteiger partial charge in [0, 0.05) is 43.3 Å². The van der Waals surface area contributed by atoms with Gasteiger partial charge in [-0.1, -0.05) is 6.92 Å². The lowest BCUT2D eigenvalue weighted by Gasteiger charge is -2.20. The molecule has 3 aromatic rings. The van der Waals surface area contributed by atoms with Gasteiger partial charge in [0.1, 0.15) is 5.75 Å². The summed E-state index contributed by atoms with van der Waals surface area (Å²) in [6.45, 7) is 7.77. The molecule has 1 atom stereocenters. The minimum Gasteiger partial charge on any atom is -0.494 e. The minimum absolute atomic E-state index is 0.0770. The van der Waals surface area contributed by atoms with Gasteiger partial charge in [0.05, 0.1) is 13.2 Å². The molecule has 32 heavy (non-hydrogen) atoms. The zero-order valence-electron chi connectivity index (χ0n) is 18.6. The summed E-state index contributed by atoms with van der Waals surface area (Å²) in [6.07, 6.45) is 5.32. The highest BCUT2D eigenvalue weighted by Crippen LogP contribution is 2.22. The molecular weight excluding hydrogens is 406 g/mol. The molecule has 168 valence electrons. The summed E-state index contributed by atoms with van der Waals surface area (Å²) >= 11 is 0. The van der Waals surface area contributed by atoms with Gasteiger partial charge in [0.15, 0.2) is 0 Å². The van der Waals surface area contributed by atoms with Gasteiger partial charge in [-0.3, -0.25) is 9.88 Å². The molecule has 9 nitrogen and oxygen atoms in total. The van der Waals surface area contributed by atoms with E-state index in [2.05, 4.69) is 27.3 Å². The van der Waals surface area contributed by atoms with Crippen LogP contribution in [0.1, 0.15) is 26.7 Å². The summed E-state index contributed by atoms with van der Waals surface area (Å²) in [5.74, 6) is 1.91. The second-order valence-corrected chi connectivity index (χ2v) is 7.98. The Kier molecular flexibility index (Phi) is 6.94. The summed E-state index contributed by atoms with van der Waals surface area (Å²) in [4.78, 5) is 22.0. The molecule has 1 aliphatic rings. The zero-order valence-corrected chi connectivity index (χ0v) is 18.6. The molecule has 1 saturated heterocycles. The maximum atomic E-state index is 12.7. The van der Waals surface area contributed by atoms with Crippen molar-refractivity contribution in [1.82, 2.24) is 30.1 Å². The van der Waals surface area contributed by atoms with E-state index >= 15 is 0 Å². The second-order valence-electron chi connectivity index (χ2n) is 7.98. The van der Waals surface area contributed by atoms with E-state index in [1.54, 1.807) is 17.2 Å². The van der Waals surface area contributed by atoms with Gasteiger partial charge in [-0.25, -0.2) is 4.79 Å². The zero-order chi connectivity index (χ0) is 22.3. The van der Waals surface area contributed by atoms with Gasteiger partial charge in [0.25, 0.3) is 0 Å². The molecule has 1 aliphatic heterocycles. The fourth-order valence-electron chi connectivity index (χ4n) is 3.65. The number of rotatable bonds is 10. The van der Waals surface area contributed by atoms with Gasteiger partial charge < -0.3 is 9.64 Å². The number of carbonyl (C=O) groups excluding carboxylic acids is 1. The summed E-state index contributed by atoms with van der Waals surface area (Å²) in [7, 11) is 0. The number of benzene rings is 1. The molecule has 0 saturated carbocycles. The van der Waals surface area contributed by atoms with Crippen LogP contribution in [-0.2, 0) is 6.54 Å². The normalized spacial score (nSPS) is 14.8. The first kappa shape index (κ1) is 21.7. The second kappa shape index (κ2) is 10.2. The molecule has 0 spiro atoms. The average molecular weight is 436 g/mol. The van der Waals surface area contributed by atoms with Crippen LogP contribution in [0.5, 0.6) is 5.75 Å². The largest absolute Gasteiger partial charge is 0.494 e. The number of amides is 2. The smallest absolute Gasteiger partial charge is 0.324 e. The topological polar surface area (TPSA) is 89.3 Å². The van der Waals surface area contributed by atoms with Crippen LogP contribution in [0, 0.1) is 5.92 Å². The SMILES string of the molecule is CCn1nnc(-c2ccc(OCCC(C)CCN3CCN(c4ccncc4)C3=O)cc2)n1. The Bertz CT molecular complexity index is 1010. The molecule has 4 rings (SSSR count). The van der Waals surface area contributed by atoms with E-state index in [4.69, 9.17) is 4.74 Å². The number of pyridine rings is 1. The standard InChI is InChI=1S/C23H29N7O2/c1-3-30-26-22(25-27-30)19-4-6-21(7-5-19)32-17-11-18(2)10-14-28-15-16-29(23(28)31)20-8-12-24-13-9-20/h4-9,12-13,18H,3,10-11,14-17H2,1-2H3. The highest BCUT2D eigenvalue weighted by molar-refractivity contribution is 5.93. The predicted molar refractivity (Wildman–Crippen MR) is 121 cm³/mol. The molecule has 0 aliphatic carbocycles. The maximum Gasteiger partial charge on any atom is 0.324 e. The van der Waals surface area contributed by atoms with Crippen molar-refractivity contribution in [1.29, 1.82) is 0 Å². The molecule has 1 aromatic carbocycles. The van der Waals surface area contributed by atoms with Crippen LogP contribution in [0.3, 0.4) is 0 Å². The van der Waals surface area contributed by atoms with Crippen LogP contribution >= 0.6 is 0 Å². The summed E-state index contributed by atoms with van der Waals surface area (Å²) < 4.78 is 5.91. The molecular formula is C23H29N7O2. The molecule has 0 radical (unpaired) electrons. The van der Waals surface area contributed by atoms with Crippen molar-refractivity contribution in [2.45, 2.75) is 33.2 Å². The number of aromatic nitrogens is 5. The number of nitrogens with zero attached hydrogens (tertiary/aromatic N) is 7. The van der Waals surface area contributed by atoms with Crippen molar-refractivity contribution >= 4 is 11.7 Å². The monoisotopic (exact) mass is 435 g/mol. The van der Waals surface area contributed by atoms with Crippen molar-refractivity contribution in [3.8, 4) is 17.1 Å². The van der Waals surface area contributed by atoms with Crippen LogP contribution < -0.4 is 9.64 Å². The van der Waals surface area contributed by atoms with Gasteiger partial charge in [-0.15, -0.1) is 10.2 Å². The molecule has 2 aromatic heterocycles. The van der Waals surface area contributed by atoms with Crippen molar-refractivity contribution in [3.05, 3.63) is 48.8 Å². The van der Waals surface area contributed by atoms with E-state index < -0.39 is 0 Å². The van der Waals surface area contributed by atoms with Gasteiger partial charge in [-0.2, -0.15) is 4.80 Å². The van der Waals surface area contributed by atoms with Crippen molar-refractivity contribution in [2.24, 2.45) is 5.92 Å². The number of tetrazole rings is 1. The summed E-state index contributed by atoms with van der Waals surface area (Å²) in [6, 6.07) is 11.6. The Hall–Kier alpha value is -3.49. The Morgan fingerprint density at radius 2 is 1.84 bits per heavy atom. The lowest BCUT2D eigenvalue weighted by atomic mass is 10.0. The number of urea groups is 1. The fraction of sp³-hybridized carbons (Fsp3) is 0.435. The number of hydrogen-bond donors (Lipinski definition) is 0. The quantitative estimate of drug-likeness (QED) is 0.484. The number of hydrogen-bond acceptors (Lipinski definition) is 6. The first-order valence-corrected chi connectivity index (χ1v) is 11.1. The highest BCUT2D eigenvalue weighted by Gasteiger charge is 2.29. The van der Waals surface area contributed by atoms with Crippen molar-refractivity contribution < 1.29 is 9.53 Å². The van der Waals surface area contributed by atoms with E-state index in [1.807, 2.05) is 53.1 Å². The predicted octanol–water partition coefficient (Wildman–Crippen LogP) is 3.49. The third kappa shape index (κ3) is 5.22. The average Bonchev–Trinajstić information content (AvgIpc) is 3.45. The molecule has 3 heterocycles. The van der Waals surface area contributed by atoms with E-state index in [-0.39, 0.29) is 6.03 Å². The number of anilines is 1. The summed E-state index contributed by atoms with van der Waals surface area (Å²) in [5, 5.41) is 12.4. The Morgan fingerprint density at radius 1 is 1.06 bits per heavy atom. The molecule has 2 amide bonds. The van der Waals surface area contributed by atoms with Crippen LogP contribution in [0.15, 0.2) is 48.8 Å². The highest BCUT2D eigenvalue weighted by atomic mass is 16.5. The van der Waals surface area contributed by atoms with E-state index in [9.17, 15) is 4.79 Å². The van der Waals surface area contributed by atoms with Crippen LogP contribution in [-0.4, -0.2) is 62.4 Å². The van der Waals surface area contributed by atoms with Gasteiger partial charge in [-0.05, 0) is 67.3 Å². The minimum atomic E-state index is 0.0770. The van der Waals surface area contributed by atoms with Crippen molar-refractivity contribution in [3.63, 3.8) is 0 Å². The number of ether oxygens (including phenoxy) is 1. The first-order valence-electron chi connectivity index (χ1n) is 11.1. The van der Waals surface area contributed by atoms with Crippen LogP contribution in [0.2, 0.25) is 0 Å². The Labute approximate surface area is 188 Å². The number of aryl methyl sites for hydroxylation is 1. The number of carbonyl (C=O) groups is 1. The van der Waals surface area contributed by atoms with Crippen LogP contribution in [0.4, 0.5) is 10.5 Å². The van der Waals surface area contributed by atoms with E-state index in [0.29, 0.717) is 24.9 Å². The van der Waals surface area contributed by atoms with Gasteiger partial charge in [0.2, 0.25) is 5.82 Å². The van der Waals surface area contributed by atoms with Gasteiger partial charge >= 0.3 is 6.03 Å². The Morgan fingerprint density at radius 3 is 2.56 bits per heavy atom. The molecule has 0 N–H and O–H groups in total. The van der Waals surface area contributed by atoms with Crippen LogP contribution in [0.25, 0.3) is 11.4 Å². The molecule has 1 fully saturated rings. The molecule has 0 bridgehead atoms. The summed E-state index contributed by atoms with van der Waals surface area (Å²) in [5.41, 5.74) is 1.83.